The maximum Gasteiger partial charge on any atom is 0.130 e. The molecule has 2 aromatic rings. The lowest BCUT2D eigenvalue weighted by atomic mass is 9.63. The van der Waals surface area contributed by atoms with Crippen LogP contribution in [-0.4, -0.2) is 0 Å². The molecule has 1 aliphatic carbocycles. The van der Waals surface area contributed by atoms with Crippen molar-refractivity contribution in [3.63, 3.8) is 0 Å². The Morgan fingerprint density at radius 2 is 1.55 bits per heavy atom. The maximum atomic E-state index is 14.8. The molecule has 116 valence electrons. The average Bonchev–Trinajstić information content (AvgIpc) is 2.70. The molecule has 22 heavy (non-hydrogen) atoms. The second kappa shape index (κ2) is 5.29. The van der Waals surface area contributed by atoms with E-state index in [-0.39, 0.29) is 11.8 Å². The van der Waals surface area contributed by atoms with Crippen molar-refractivity contribution < 1.29 is 8.78 Å². The van der Waals surface area contributed by atoms with Crippen LogP contribution in [0.4, 0.5) is 8.78 Å². The van der Waals surface area contributed by atoms with Crippen molar-refractivity contribution in [2.75, 3.05) is 0 Å². The van der Waals surface area contributed by atoms with Crippen molar-refractivity contribution >= 4 is 22.6 Å². The first-order chi connectivity index (χ1) is 10.3. The molecule has 0 spiro atoms. The second-order valence-corrected chi connectivity index (χ2v) is 7.92. The molecule has 0 nitrogen and oxygen atoms in total. The number of hydrogen-bond donors (Lipinski definition) is 0. The van der Waals surface area contributed by atoms with Gasteiger partial charge in [0.2, 0.25) is 0 Å². The molecule has 0 N–H and O–H groups in total. The van der Waals surface area contributed by atoms with Gasteiger partial charge in [0.25, 0.3) is 0 Å². The summed E-state index contributed by atoms with van der Waals surface area (Å²) in [6, 6.07) is 8.70. The molecular weight excluding hydrogens is 393 g/mol. The minimum Gasteiger partial charge on any atom is -0.207 e. The number of benzene rings is 2. The van der Waals surface area contributed by atoms with Crippen molar-refractivity contribution in [1.29, 1.82) is 0 Å². The van der Waals surface area contributed by atoms with Crippen molar-refractivity contribution in [2.24, 2.45) is 11.8 Å². The lowest BCUT2D eigenvalue weighted by molar-refractivity contribution is 0.271. The molecule has 0 saturated heterocycles. The molecule has 3 rings (SSSR count). The average molecular weight is 412 g/mol. The van der Waals surface area contributed by atoms with E-state index in [1.165, 1.54) is 6.07 Å². The van der Waals surface area contributed by atoms with Crippen LogP contribution in [0.25, 0.3) is 11.1 Å². The van der Waals surface area contributed by atoms with Gasteiger partial charge in [-0.1, -0.05) is 33.8 Å². The summed E-state index contributed by atoms with van der Waals surface area (Å²) in [6.07, 6.45) is 0. The van der Waals surface area contributed by atoms with Crippen molar-refractivity contribution in [3.8, 4) is 11.1 Å². The van der Waals surface area contributed by atoms with Crippen LogP contribution in [0, 0.1) is 27.0 Å². The van der Waals surface area contributed by atoms with E-state index in [0.29, 0.717) is 11.1 Å². The van der Waals surface area contributed by atoms with Gasteiger partial charge in [-0.15, -0.1) is 0 Å². The number of fused-ring (bicyclic) bond motifs is 3. The largest absolute Gasteiger partial charge is 0.207 e. The van der Waals surface area contributed by atoms with Crippen LogP contribution in [-0.2, 0) is 5.41 Å². The highest BCUT2D eigenvalue weighted by Crippen LogP contribution is 2.57. The molecule has 0 radical (unpaired) electrons. The van der Waals surface area contributed by atoms with Crippen LogP contribution in [0.2, 0.25) is 0 Å². The summed E-state index contributed by atoms with van der Waals surface area (Å²) in [7, 11) is 0. The van der Waals surface area contributed by atoms with E-state index in [4.69, 9.17) is 0 Å². The smallest absolute Gasteiger partial charge is 0.130 e. The summed E-state index contributed by atoms with van der Waals surface area (Å²) in [4.78, 5) is 0. The standard InChI is InChI=1S/C19H19F2I/c1-10(2)19(11(3)4)16-6-5-13(22)9-14(16)15-7-12(20)8-17(21)18(15)19/h5-11H,1-4H3. The van der Waals surface area contributed by atoms with Crippen LogP contribution >= 0.6 is 22.6 Å². The van der Waals surface area contributed by atoms with Crippen molar-refractivity contribution in [3.05, 3.63) is 56.7 Å². The van der Waals surface area contributed by atoms with E-state index in [1.807, 2.05) is 6.07 Å². The van der Waals surface area contributed by atoms with Crippen LogP contribution < -0.4 is 0 Å². The van der Waals surface area contributed by atoms with Crippen LogP contribution in [0.3, 0.4) is 0 Å². The van der Waals surface area contributed by atoms with Crippen molar-refractivity contribution in [2.45, 2.75) is 33.1 Å². The number of halogens is 3. The third kappa shape index (κ3) is 1.97. The minimum absolute atomic E-state index is 0.215. The van der Waals surface area contributed by atoms with Gasteiger partial charge >= 0.3 is 0 Å². The summed E-state index contributed by atoms with van der Waals surface area (Å²) < 4.78 is 29.7. The molecule has 0 aromatic heterocycles. The van der Waals surface area contributed by atoms with E-state index < -0.39 is 17.0 Å². The topological polar surface area (TPSA) is 0 Å². The Hall–Kier alpha value is -0.970. The van der Waals surface area contributed by atoms with Gasteiger partial charge in [0, 0.05) is 20.6 Å². The third-order valence-electron chi connectivity index (χ3n) is 5.01. The third-order valence-corrected chi connectivity index (χ3v) is 5.68. The summed E-state index contributed by atoms with van der Waals surface area (Å²) in [6.45, 7) is 8.50. The summed E-state index contributed by atoms with van der Waals surface area (Å²) in [5.74, 6) is -0.506. The number of rotatable bonds is 2. The summed E-state index contributed by atoms with van der Waals surface area (Å²) in [5.41, 5.74) is 3.07. The van der Waals surface area contributed by atoms with Gasteiger partial charge in [0.05, 0.1) is 0 Å². The summed E-state index contributed by atoms with van der Waals surface area (Å²) in [5, 5.41) is 0. The van der Waals surface area contributed by atoms with Gasteiger partial charge < -0.3 is 0 Å². The highest BCUT2D eigenvalue weighted by atomic mass is 127. The van der Waals surface area contributed by atoms with Crippen LogP contribution in [0.15, 0.2) is 30.3 Å². The first kappa shape index (κ1) is 15.9. The SMILES string of the molecule is CC(C)C1(C(C)C)c2ccc(I)cc2-c2cc(F)cc(F)c21. The first-order valence-electron chi connectivity index (χ1n) is 7.60. The molecule has 1 aliphatic rings. The fourth-order valence-corrected chi connectivity index (χ4v) is 4.80. The number of hydrogen-bond acceptors (Lipinski definition) is 0. The molecule has 0 bridgehead atoms. The fourth-order valence-electron chi connectivity index (χ4n) is 4.31. The van der Waals surface area contributed by atoms with Gasteiger partial charge in [-0.25, -0.2) is 8.78 Å². The minimum atomic E-state index is -0.510. The monoisotopic (exact) mass is 412 g/mol. The molecule has 0 heterocycles. The van der Waals surface area contributed by atoms with Gasteiger partial charge in [-0.3, -0.25) is 0 Å². The van der Waals surface area contributed by atoms with Gasteiger partial charge in [0.1, 0.15) is 11.6 Å². The fraction of sp³-hybridized carbons (Fsp3) is 0.368. The van der Waals surface area contributed by atoms with Crippen LogP contribution in [0.1, 0.15) is 38.8 Å². The molecule has 0 atom stereocenters. The lowest BCUT2D eigenvalue weighted by Crippen LogP contribution is -2.38. The zero-order chi connectivity index (χ0) is 16.2. The van der Waals surface area contributed by atoms with Gasteiger partial charge in [-0.05, 0) is 69.3 Å². The zero-order valence-corrected chi connectivity index (χ0v) is 15.3. The highest BCUT2D eigenvalue weighted by molar-refractivity contribution is 14.1. The van der Waals surface area contributed by atoms with Crippen molar-refractivity contribution in [1.82, 2.24) is 0 Å². The van der Waals surface area contributed by atoms with Gasteiger partial charge in [0.15, 0.2) is 0 Å². The second-order valence-electron chi connectivity index (χ2n) is 6.68. The molecular formula is C19H19F2I. The zero-order valence-electron chi connectivity index (χ0n) is 13.2. The Balaban J connectivity index is 2.50. The Labute approximate surface area is 144 Å². The quantitative estimate of drug-likeness (QED) is 0.520. The molecule has 0 amide bonds. The summed E-state index contributed by atoms with van der Waals surface area (Å²) >= 11 is 2.25. The van der Waals surface area contributed by atoms with E-state index in [1.54, 1.807) is 0 Å². The molecule has 0 fully saturated rings. The Bertz CT molecular complexity index is 739. The predicted octanol–water partition coefficient (Wildman–Crippen LogP) is 6.15. The van der Waals surface area contributed by atoms with Gasteiger partial charge in [-0.2, -0.15) is 0 Å². The Morgan fingerprint density at radius 3 is 2.14 bits per heavy atom. The van der Waals surface area contributed by atoms with Crippen LogP contribution in [0.5, 0.6) is 0 Å². The molecule has 0 unspecified atom stereocenters. The molecule has 2 aromatic carbocycles. The Morgan fingerprint density at radius 1 is 0.909 bits per heavy atom. The van der Waals surface area contributed by atoms with E-state index in [2.05, 4.69) is 62.4 Å². The molecule has 0 saturated carbocycles. The lowest BCUT2D eigenvalue weighted by Gasteiger charge is -2.40. The normalized spacial score (nSPS) is 15.3. The van der Waals surface area contributed by atoms with E-state index in [9.17, 15) is 8.78 Å². The van der Waals surface area contributed by atoms with E-state index in [0.717, 1.165) is 20.8 Å². The molecule has 3 heteroatoms. The highest BCUT2D eigenvalue weighted by Gasteiger charge is 2.49. The first-order valence-corrected chi connectivity index (χ1v) is 8.68. The molecule has 0 aliphatic heterocycles. The van der Waals surface area contributed by atoms with E-state index >= 15 is 0 Å². The predicted molar refractivity (Wildman–Crippen MR) is 95.0 cm³/mol. The maximum absolute atomic E-state index is 14.8. The Kier molecular flexibility index (Phi) is 3.83.